The molecular weight excluding hydrogens is 412 g/mol. The van der Waals surface area contributed by atoms with Gasteiger partial charge in [-0.1, -0.05) is 24.3 Å². The van der Waals surface area contributed by atoms with E-state index in [-0.39, 0.29) is 41.6 Å². The molecule has 1 aliphatic rings. The number of rotatable bonds is 7. The van der Waals surface area contributed by atoms with Crippen LogP contribution in [0.25, 0.3) is 0 Å². The minimum atomic E-state index is -1.01. The second-order valence-corrected chi connectivity index (χ2v) is 6.98. The van der Waals surface area contributed by atoms with Crippen molar-refractivity contribution in [2.24, 2.45) is 5.73 Å². The van der Waals surface area contributed by atoms with Gasteiger partial charge in [0.15, 0.2) is 0 Å². The maximum Gasteiger partial charge on any atom is 0.338 e. The molecule has 3 rings (SSSR count). The lowest BCUT2D eigenvalue weighted by Gasteiger charge is -2.26. The van der Waals surface area contributed by atoms with Crippen molar-refractivity contribution in [3.63, 3.8) is 0 Å². The summed E-state index contributed by atoms with van der Waals surface area (Å²) in [5.41, 5.74) is 7.79. The van der Waals surface area contributed by atoms with Crippen molar-refractivity contribution in [2.75, 3.05) is 6.61 Å². The van der Waals surface area contributed by atoms with E-state index in [1.807, 2.05) is 6.07 Å². The summed E-state index contributed by atoms with van der Waals surface area (Å²) >= 11 is 0. The fourth-order valence-electron chi connectivity index (χ4n) is 3.41. The zero-order valence-corrected chi connectivity index (χ0v) is 17.6. The minimum absolute atomic E-state index is 0.0540. The molecule has 0 bridgehead atoms. The van der Waals surface area contributed by atoms with Gasteiger partial charge in [-0.05, 0) is 49.2 Å². The molecule has 1 heterocycles. The van der Waals surface area contributed by atoms with Crippen LogP contribution in [0, 0.1) is 11.3 Å². The van der Waals surface area contributed by atoms with Crippen LogP contribution in [0.5, 0.6) is 5.75 Å². The van der Waals surface area contributed by atoms with E-state index in [4.69, 9.17) is 25.1 Å². The van der Waals surface area contributed by atoms with Gasteiger partial charge in [-0.15, -0.1) is 0 Å². The Hall–Kier alpha value is -4.25. The van der Waals surface area contributed by atoms with E-state index in [1.54, 1.807) is 56.3 Å². The predicted molar refractivity (Wildman–Crippen MR) is 114 cm³/mol. The topological polar surface area (TPSA) is 132 Å². The number of ether oxygens (including phenoxy) is 3. The molecule has 8 nitrogen and oxygen atoms in total. The van der Waals surface area contributed by atoms with Gasteiger partial charge in [0, 0.05) is 0 Å². The molecule has 8 heteroatoms. The van der Waals surface area contributed by atoms with Crippen molar-refractivity contribution in [3.8, 4) is 11.8 Å². The Labute approximate surface area is 185 Å². The zero-order valence-electron chi connectivity index (χ0n) is 17.6. The normalized spacial score (nSPS) is 15.6. The van der Waals surface area contributed by atoms with Gasteiger partial charge in [0.2, 0.25) is 5.88 Å². The highest BCUT2D eigenvalue weighted by atomic mass is 16.5. The smallest absolute Gasteiger partial charge is 0.338 e. The van der Waals surface area contributed by atoms with Crippen molar-refractivity contribution in [2.45, 2.75) is 26.4 Å². The number of carbonyl (C=O) groups excluding carboxylic acids is 1. The van der Waals surface area contributed by atoms with Crippen molar-refractivity contribution in [1.29, 1.82) is 5.26 Å². The number of carboxylic acid groups (broad SMARTS) is 1. The third kappa shape index (κ3) is 4.73. The van der Waals surface area contributed by atoms with Gasteiger partial charge in [0.05, 0.1) is 23.7 Å². The van der Waals surface area contributed by atoms with E-state index in [9.17, 15) is 14.9 Å². The summed E-state index contributed by atoms with van der Waals surface area (Å²) in [4.78, 5) is 23.7. The van der Waals surface area contributed by atoms with Gasteiger partial charge in [-0.25, -0.2) is 9.59 Å². The molecule has 0 saturated heterocycles. The van der Waals surface area contributed by atoms with Gasteiger partial charge < -0.3 is 25.1 Å². The van der Waals surface area contributed by atoms with Crippen LogP contribution in [0.4, 0.5) is 0 Å². The third-order valence-electron chi connectivity index (χ3n) is 4.89. The first kappa shape index (κ1) is 22.4. The summed E-state index contributed by atoms with van der Waals surface area (Å²) in [5.74, 6) is -1.54. The minimum Gasteiger partial charge on any atom is -0.489 e. The predicted octanol–water partition coefficient (Wildman–Crippen LogP) is 3.61. The number of aromatic carboxylic acids is 1. The maximum atomic E-state index is 12.6. The van der Waals surface area contributed by atoms with Crippen LogP contribution < -0.4 is 10.5 Å². The molecule has 32 heavy (non-hydrogen) atoms. The highest BCUT2D eigenvalue weighted by Gasteiger charge is 2.36. The van der Waals surface area contributed by atoms with E-state index in [0.29, 0.717) is 16.9 Å². The Morgan fingerprint density at radius 2 is 1.94 bits per heavy atom. The van der Waals surface area contributed by atoms with Crippen molar-refractivity contribution < 1.29 is 28.9 Å². The van der Waals surface area contributed by atoms with Crippen molar-refractivity contribution in [3.05, 3.63) is 88.0 Å². The first-order chi connectivity index (χ1) is 15.3. The Morgan fingerprint density at radius 1 is 1.22 bits per heavy atom. The largest absolute Gasteiger partial charge is 0.489 e. The molecule has 1 unspecified atom stereocenters. The molecule has 0 fully saturated rings. The van der Waals surface area contributed by atoms with E-state index in [1.165, 1.54) is 6.07 Å². The standard InChI is InChI=1S/C24H22N2O6/c1-3-30-24(29)20-14(2)32-22(26)19(12-25)21(20)16-7-9-18(10-8-16)31-13-15-5-4-6-17(11-15)23(27)28/h4-11,21H,3,13,26H2,1-2H3,(H,27,28). The quantitative estimate of drug-likeness (QED) is 0.632. The molecule has 0 radical (unpaired) electrons. The van der Waals surface area contributed by atoms with Crippen LogP contribution in [0.3, 0.4) is 0 Å². The van der Waals surface area contributed by atoms with E-state index in [0.717, 1.165) is 0 Å². The lowest BCUT2D eigenvalue weighted by molar-refractivity contribution is -0.139. The van der Waals surface area contributed by atoms with Gasteiger partial charge >= 0.3 is 11.9 Å². The van der Waals surface area contributed by atoms with E-state index in [2.05, 4.69) is 0 Å². The first-order valence-corrected chi connectivity index (χ1v) is 9.86. The highest BCUT2D eigenvalue weighted by Crippen LogP contribution is 2.40. The van der Waals surface area contributed by atoms with Gasteiger partial charge in [0.25, 0.3) is 0 Å². The van der Waals surface area contributed by atoms with Crippen LogP contribution in [0.2, 0.25) is 0 Å². The summed E-state index contributed by atoms with van der Waals surface area (Å²) in [6, 6.07) is 15.4. The molecule has 0 spiro atoms. The molecule has 0 aromatic heterocycles. The van der Waals surface area contributed by atoms with Crippen molar-refractivity contribution in [1.82, 2.24) is 0 Å². The number of nitrogens with two attached hydrogens (primary N) is 1. The first-order valence-electron chi connectivity index (χ1n) is 9.86. The third-order valence-corrected chi connectivity index (χ3v) is 4.89. The number of nitrogens with zero attached hydrogens (tertiary/aromatic N) is 1. The monoisotopic (exact) mass is 434 g/mol. The second-order valence-electron chi connectivity index (χ2n) is 6.98. The number of benzene rings is 2. The summed E-state index contributed by atoms with van der Waals surface area (Å²) in [6.45, 7) is 3.66. The molecule has 1 aliphatic heterocycles. The fraction of sp³-hybridized carbons (Fsp3) is 0.208. The van der Waals surface area contributed by atoms with E-state index >= 15 is 0 Å². The number of nitriles is 1. The molecule has 0 amide bonds. The molecule has 0 aliphatic carbocycles. The lowest BCUT2D eigenvalue weighted by atomic mass is 9.83. The number of esters is 1. The molecular formula is C24H22N2O6. The Morgan fingerprint density at radius 3 is 2.56 bits per heavy atom. The van der Waals surface area contributed by atoms with Crippen LogP contribution in [0.15, 0.2) is 71.3 Å². The Bertz CT molecular complexity index is 1140. The molecule has 0 saturated carbocycles. The summed E-state index contributed by atoms with van der Waals surface area (Å²) in [5, 5.41) is 18.7. The number of hydrogen-bond donors (Lipinski definition) is 2. The van der Waals surface area contributed by atoms with Crippen LogP contribution >= 0.6 is 0 Å². The molecule has 1 atom stereocenters. The number of carboxylic acids is 1. The highest BCUT2D eigenvalue weighted by molar-refractivity contribution is 5.92. The van der Waals surface area contributed by atoms with Gasteiger partial charge in [-0.2, -0.15) is 5.26 Å². The SMILES string of the molecule is CCOC(=O)C1=C(C)OC(N)=C(C#N)C1c1ccc(OCc2cccc(C(=O)O)c2)cc1. The summed E-state index contributed by atoms with van der Waals surface area (Å²) in [6.07, 6.45) is 0. The number of carbonyl (C=O) groups is 2. The van der Waals surface area contributed by atoms with Crippen molar-refractivity contribution >= 4 is 11.9 Å². The molecule has 2 aromatic carbocycles. The van der Waals surface area contributed by atoms with E-state index < -0.39 is 17.9 Å². The molecule has 164 valence electrons. The average Bonchev–Trinajstić information content (AvgIpc) is 2.78. The molecule has 3 N–H and O–H groups in total. The Balaban J connectivity index is 1.84. The van der Waals surface area contributed by atoms with Gasteiger partial charge in [-0.3, -0.25) is 0 Å². The Kier molecular flexibility index (Phi) is 6.80. The molecule has 2 aromatic rings. The lowest BCUT2D eigenvalue weighted by Crippen LogP contribution is -2.25. The average molecular weight is 434 g/mol. The van der Waals surface area contributed by atoms with Gasteiger partial charge in [0.1, 0.15) is 29.8 Å². The fourth-order valence-corrected chi connectivity index (χ4v) is 3.41. The summed E-state index contributed by atoms with van der Waals surface area (Å²) in [7, 11) is 0. The second kappa shape index (κ2) is 9.71. The summed E-state index contributed by atoms with van der Waals surface area (Å²) < 4.78 is 16.3. The van der Waals surface area contributed by atoms with Crippen LogP contribution in [-0.2, 0) is 20.9 Å². The van der Waals surface area contributed by atoms with Crippen LogP contribution in [-0.4, -0.2) is 23.7 Å². The maximum absolute atomic E-state index is 12.6. The van der Waals surface area contributed by atoms with Crippen LogP contribution in [0.1, 0.15) is 41.3 Å². The zero-order chi connectivity index (χ0) is 23.3. The number of allylic oxidation sites excluding steroid dienone is 2. The number of hydrogen-bond acceptors (Lipinski definition) is 7.